The number of aromatic nitrogens is 2. The lowest BCUT2D eigenvalue weighted by molar-refractivity contribution is -0.126. The number of carbonyl (C=O) groups excluding carboxylic acids is 1. The summed E-state index contributed by atoms with van der Waals surface area (Å²) in [5.41, 5.74) is 2.60. The van der Waals surface area contributed by atoms with Gasteiger partial charge in [-0.15, -0.1) is 0 Å². The molecule has 0 amide bonds. The summed E-state index contributed by atoms with van der Waals surface area (Å²) >= 11 is 0. The Labute approximate surface area is 159 Å². The zero-order chi connectivity index (χ0) is 19.2. The van der Waals surface area contributed by atoms with Crippen molar-refractivity contribution in [3.05, 3.63) is 78.1 Å². The Hall–Kier alpha value is -2.92. The SMILES string of the molecule is CCC(=O)[C@H](Cc1ccccc1-n1cccn1)[C@H](O)c1ccc(OC)cc1. The van der Waals surface area contributed by atoms with Crippen LogP contribution in [0.25, 0.3) is 5.69 Å². The van der Waals surface area contributed by atoms with E-state index in [0.29, 0.717) is 24.2 Å². The zero-order valence-electron chi connectivity index (χ0n) is 15.6. The lowest BCUT2D eigenvalue weighted by atomic mass is 9.85. The lowest BCUT2D eigenvalue weighted by Crippen LogP contribution is -2.24. The zero-order valence-corrected chi connectivity index (χ0v) is 15.6. The molecule has 5 nitrogen and oxygen atoms in total. The van der Waals surface area contributed by atoms with Crippen LogP contribution >= 0.6 is 0 Å². The molecule has 0 radical (unpaired) electrons. The Bertz CT molecular complexity index is 873. The second kappa shape index (κ2) is 8.64. The van der Waals surface area contributed by atoms with Gasteiger partial charge >= 0.3 is 0 Å². The summed E-state index contributed by atoms with van der Waals surface area (Å²) in [4.78, 5) is 12.6. The van der Waals surface area contributed by atoms with Crippen molar-refractivity contribution in [2.24, 2.45) is 5.92 Å². The van der Waals surface area contributed by atoms with Crippen molar-refractivity contribution in [2.75, 3.05) is 7.11 Å². The molecule has 5 heteroatoms. The number of carbonyl (C=O) groups is 1. The van der Waals surface area contributed by atoms with Gasteiger partial charge in [0.05, 0.1) is 24.8 Å². The van der Waals surface area contributed by atoms with E-state index in [9.17, 15) is 9.90 Å². The van der Waals surface area contributed by atoms with Crippen molar-refractivity contribution >= 4 is 5.78 Å². The maximum atomic E-state index is 12.6. The molecule has 1 aromatic heterocycles. The first-order valence-corrected chi connectivity index (χ1v) is 9.06. The number of aliphatic hydroxyl groups is 1. The van der Waals surface area contributed by atoms with Gasteiger partial charge in [0, 0.05) is 18.8 Å². The summed E-state index contributed by atoms with van der Waals surface area (Å²) in [7, 11) is 1.60. The van der Waals surface area contributed by atoms with Crippen molar-refractivity contribution in [3.8, 4) is 11.4 Å². The van der Waals surface area contributed by atoms with Crippen LogP contribution in [0.4, 0.5) is 0 Å². The molecule has 140 valence electrons. The van der Waals surface area contributed by atoms with Gasteiger partial charge in [0.2, 0.25) is 0 Å². The number of hydrogen-bond acceptors (Lipinski definition) is 4. The molecule has 27 heavy (non-hydrogen) atoms. The van der Waals surface area contributed by atoms with Crippen LogP contribution in [0, 0.1) is 5.92 Å². The van der Waals surface area contributed by atoms with Crippen molar-refractivity contribution in [1.29, 1.82) is 0 Å². The molecule has 3 rings (SSSR count). The summed E-state index contributed by atoms with van der Waals surface area (Å²) in [6.07, 6.45) is 3.53. The van der Waals surface area contributed by atoms with Crippen molar-refractivity contribution in [1.82, 2.24) is 9.78 Å². The van der Waals surface area contributed by atoms with Crippen LogP contribution in [0.2, 0.25) is 0 Å². The van der Waals surface area contributed by atoms with Crippen LogP contribution in [0.5, 0.6) is 5.75 Å². The molecule has 2 atom stereocenters. The standard InChI is InChI=1S/C22H24N2O3/c1-3-21(25)19(22(26)16-9-11-18(27-2)12-10-16)15-17-7-4-5-8-20(17)24-14-6-13-23-24/h4-14,19,22,26H,3,15H2,1-2H3/t19-,22+/m0/s1. The fourth-order valence-corrected chi connectivity index (χ4v) is 3.25. The van der Waals surface area contributed by atoms with Crippen LogP contribution in [0.1, 0.15) is 30.6 Å². The van der Waals surface area contributed by atoms with Crippen LogP contribution in [0.3, 0.4) is 0 Å². The van der Waals surface area contributed by atoms with Gasteiger partial charge < -0.3 is 9.84 Å². The number of benzene rings is 2. The van der Waals surface area contributed by atoms with Crippen LogP contribution in [0.15, 0.2) is 67.0 Å². The van der Waals surface area contributed by atoms with Gasteiger partial charge in [0.1, 0.15) is 11.5 Å². The summed E-state index contributed by atoms with van der Waals surface area (Å²) in [5.74, 6) is 0.224. The minimum Gasteiger partial charge on any atom is -0.497 e. The highest BCUT2D eigenvalue weighted by atomic mass is 16.5. The average Bonchev–Trinajstić information content (AvgIpc) is 3.26. The van der Waals surface area contributed by atoms with Gasteiger partial charge in [-0.2, -0.15) is 5.10 Å². The molecule has 0 saturated carbocycles. The van der Waals surface area contributed by atoms with Crippen molar-refractivity contribution in [2.45, 2.75) is 25.9 Å². The van der Waals surface area contributed by atoms with Gasteiger partial charge in [-0.25, -0.2) is 4.68 Å². The molecule has 3 aromatic rings. The second-order valence-corrected chi connectivity index (χ2v) is 6.43. The highest BCUT2D eigenvalue weighted by Gasteiger charge is 2.28. The average molecular weight is 364 g/mol. The highest BCUT2D eigenvalue weighted by Crippen LogP contribution is 2.30. The number of Topliss-reactive ketones (excluding diaryl/α,β-unsaturated/α-hetero) is 1. The van der Waals surface area contributed by atoms with E-state index in [-0.39, 0.29) is 5.78 Å². The van der Waals surface area contributed by atoms with E-state index in [1.165, 1.54) is 0 Å². The van der Waals surface area contributed by atoms with Crippen LogP contribution in [-0.4, -0.2) is 27.8 Å². The van der Waals surface area contributed by atoms with Gasteiger partial charge in [-0.3, -0.25) is 4.79 Å². The maximum Gasteiger partial charge on any atom is 0.138 e. The lowest BCUT2D eigenvalue weighted by Gasteiger charge is -2.23. The molecule has 1 N–H and O–H groups in total. The number of nitrogens with zero attached hydrogens (tertiary/aromatic N) is 2. The summed E-state index contributed by atoms with van der Waals surface area (Å²) in [6, 6.07) is 16.9. The molecule has 1 heterocycles. The quantitative estimate of drug-likeness (QED) is 0.661. The monoisotopic (exact) mass is 364 g/mol. The first kappa shape index (κ1) is 18.9. The normalized spacial score (nSPS) is 13.1. The minimum atomic E-state index is -0.881. The van der Waals surface area contributed by atoms with E-state index in [1.54, 1.807) is 42.3 Å². The third-order valence-corrected chi connectivity index (χ3v) is 4.78. The molecule has 0 fully saturated rings. The first-order valence-electron chi connectivity index (χ1n) is 9.06. The van der Waals surface area contributed by atoms with Crippen molar-refractivity contribution < 1.29 is 14.6 Å². The maximum absolute atomic E-state index is 12.6. The van der Waals surface area contributed by atoms with E-state index >= 15 is 0 Å². The predicted octanol–water partition coefficient (Wildman–Crippen LogP) is 3.75. The number of ketones is 1. The molecule has 2 aromatic carbocycles. The Morgan fingerprint density at radius 2 is 1.89 bits per heavy atom. The summed E-state index contributed by atoms with van der Waals surface area (Å²) in [5, 5.41) is 15.2. The van der Waals surface area contributed by atoms with Gasteiger partial charge in [0.15, 0.2) is 0 Å². The van der Waals surface area contributed by atoms with E-state index in [0.717, 1.165) is 11.3 Å². The molecule has 0 aliphatic rings. The van der Waals surface area contributed by atoms with E-state index in [1.807, 2.05) is 43.5 Å². The Kier molecular flexibility index (Phi) is 6.04. The molecule has 0 saturated heterocycles. The summed E-state index contributed by atoms with van der Waals surface area (Å²) in [6.45, 7) is 1.83. The minimum absolute atomic E-state index is 0.0357. The number of aliphatic hydroxyl groups excluding tert-OH is 1. The third kappa shape index (κ3) is 4.26. The molecule has 0 unspecified atom stereocenters. The molecular weight excluding hydrogens is 340 g/mol. The number of ether oxygens (including phenoxy) is 1. The number of para-hydroxylation sites is 1. The molecule has 0 bridgehead atoms. The Balaban J connectivity index is 1.91. The van der Waals surface area contributed by atoms with Gasteiger partial charge in [-0.1, -0.05) is 37.3 Å². The predicted molar refractivity (Wildman–Crippen MR) is 104 cm³/mol. The third-order valence-electron chi connectivity index (χ3n) is 4.78. The second-order valence-electron chi connectivity index (χ2n) is 6.43. The largest absolute Gasteiger partial charge is 0.497 e. The molecule has 0 aliphatic heterocycles. The molecule has 0 spiro atoms. The van der Waals surface area contributed by atoms with Gasteiger partial charge in [0.25, 0.3) is 0 Å². The topological polar surface area (TPSA) is 64.4 Å². The van der Waals surface area contributed by atoms with Crippen LogP contribution < -0.4 is 4.74 Å². The fourth-order valence-electron chi connectivity index (χ4n) is 3.25. The number of methoxy groups -OCH3 is 1. The molecule has 0 aliphatic carbocycles. The summed E-state index contributed by atoms with van der Waals surface area (Å²) < 4.78 is 6.95. The Morgan fingerprint density at radius 3 is 2.52 bits per heavy atom. The Morgan fingerprint density at radius 1 is 1.15 bits per heavy atom. The van der Waals surface area contributed by atoms with Crippen LogP contribution in [-0.2, 0) is 11.2 Å². The van der Waals surface area contributed by atoms with Crippen molar-refractivity contribution in [3.63, 3.8) is 0 Å². The van der Waals surface area contributed by atoms with E-state index < -0.39 is 12.0 Å². The number of hydrogen-bond donors (Lipinski definition) is 1. The smallest absolute Gasteiger partial charge is 0.138 e. The number of rotatable bonds is 8. The van der Waals surface area contributed by atoms with E-state index in [2.05, 4.69) is 5.10 Å². The van der Waals surface area contributed by atoms with Gasteiger partial charge in [-0.05, 0) is 41.8 Å². The molecular formula is C22H24N2O3. The first-order chi connectivity index (χ1) is 13.1. The fraction of sp³-hybridized carbons (Fsp3) is 0.273. The van der Waals surface area contributed by atoms with E-state index in [4.69, 9.17) is 4.74 Å². The highest BCUT2D eigenvalue weighted by molar-refractivity contribution is 5.82.